The Morgan fingerprint density at radius 2 is 1.70 bits per heavy atom. The first-order chi connectivity index (χ1) is 14.2. The highest BCUT2D eigenvalue weighted by atomic mass is 16.2. The number of carbonyl (C=O) groups excluding carboxylic acids is 2. The summed E-state index contributed by atoms with van der Waals surface area (Å²) in [4.78, 5) is 33.0. The summed E-state index contributed by atoms with van der Waals surface area (Å²) in [6.07, 6.45) is 2.62. The lowest BCUT2D eigenvalue weighted by molar-refractivity contribution is -0.122. The van der Waals surface area contributed by atoms with Crippen molar-refractivity contribution in [3.8, 4) is 0 Å². The smallest absolute Gasteiger partial charge is 0.244 e. The number of hydrogen-bond acceptors (Lipinski definition) is 3. The third-order valence-corrected chi connectivity index (χ3v) is 6.28. The van der Waals surface area contributed by atoms with E-state index < -0.39 is 0 Å². The van der Waals surface area contributed by atoms with Crippen molar-refractivity contribution in [2.75, 3.05) is 16.8 Å². The molecule has 0 radical (unpaired) electrons. The first-order valence-electron chi connectivity index (χ1n) is 10.6. The number of anilines is 2. The molecule has 0 spiro atoms. The van der Waals surface area contributed by atoms with Crippen LogP contribution in [0.2, 0.25) is 0 Å². The summed E-state index contributed by atoms with van der Waals surface area (Å²) < 4.78 is 0. The molecule has 0 unspecified atom stereocenters. The van der Waals surface area contributed by atoms with Crippen LogP contribution in [0.4, 0.5) is 17.1 Å². The van der Waals surface area contributed by atoms with Crippen molar-refractivity contribution in [3.05, 3.63) is 52.1 Å². The topological polar surface area (TPSA) is 61.8 Å². The van der Waals surface area contributed by atoms with Gasteiger partial charge in [0, 0.05) is 11.4 Å². The Labute approximate surface area is 178 Å². The van der Waals surface area contributed by atoms with Gasteiger partial charge in [0.1, 0.15) is 6.54 Å². The van der Waals surface area contributed by atoms with Gasteiger partial charge in [0.2, 0.25) is 11.8 Å². The van der Waals surface area contributed by atoms with Crippen molar-refractivity contribution in [1.29, 1.82) is 0 Å². The van der Waals surface area contributed by atoms with Crippen molar-refractivity contribution >= 4 is 34.6 Å². The SMILES string of the molecule is Cc1cc(C)c(NC(=O)CN2C(=O)[C@H]3CCCC3=Nc3cc(C)c(C)cc32)c(C)c1. The highest BCUT2D eigenvalue weighted by Crippen LogP contribution is 2.39. The summed E-state index contributed by atoms with van der Waals surface area (Å²) in [5.41, 5.74) is 8.74. The summed E-state index contributed by atoms with van der Waals surface area (Å²) in [7, 11) is 0. The zero-order valence-corrected chi connectivity index (χ0v) is 18.4. The number of amides is 2. The Morgan fingerprint density at radius 1 is 1.03 bits per heavy atom. The number of aryl methyl sites for hydroxylation is 5. The lowest BCUT2D eigenvalue weighted by Gasteiger charge is -2.25. The van der Waals surface area contributed by atoms with E-state index in [0.717, 1.165) is 69.9 Å². The van der Waals surface area contributed by atoms with Crippen LogP contribution in [-0.2, 0) is 9.59 Å². The second kappa shape index (κ2) is 7.71. The molecule has 30 heavy (non-hydrogen) atoms. The van der Waals surface area contributed by atoms with Gasteiger partial charge in [-0.2, -0.15) is 0 Å². The van der Waals surface area contributed by atoms with Gasteiger partial charge in [-0.1, -0.05) is 17.7 Å². The van der Waals surface area contributed by atoms with E-state index >= 15 is 0 Å². The van der Waals surface area contributed by atoms with E-state index in [1.165, 1.54) is 0 Å². The molecule has 5 nitrogen and oxygen atoms in total. The molecular formula is C25H29N3O2. The van der Waals surface area contributed by atoms with E-state index in [9.17, 15) is 9.59 Å². The molecule has 1 atom stereocenters. The molecule has 2 aromatic carbocycles. The summed E-state index contributed by atoms with van der Waals surface area (Å²) in [6, 6.07) is 8.13. The van der Waals surface area contributed by atoms with Gasteiger partial charge in [0.25, 0.3) is 0 Å². The highest BCUT2D eigenvalue weighted by Gasteiger charge is 2.37. The van der Waals surface area contributed by atoms with Gasteiger partial charge in [0.15, 0.2) is 0 Å². The van der Waals surface area contributed by atoms with Crippen LogP contribution in [0.5, 0.6) is 0 Å². The van der Waals surface area contributed by atoms with Crippen molar-refractivity contribution in [2.45, 2.75) is 53.9 Å². The number of carbonyl (C=O) groups is 2. The van der Waals surface area contributed by atoms with E-state index in [4.69, 9.17) is 4.99 Å². The van der Waals surface area contributed by atoms with Gasteiger partial charge in [-0.3, -0.25) is 14.6 Å². The first-order valence-corrected chi connectivity index (χ1v) is 10.6. The predicted octanol–water partition coefficient (Wildman–Crippen LogP) is 5.09. The van der Waals surface area contributed by atoms with Crippen LogP contribution in [-0.4, -0.2) is 24.1 Å². The lowest BCUT2D eigenvalue weighted by Crippen LogP contribution is -2.42. The molecule has 0 aromatic heterocycles. The van der Waals surface area contributed by atoms with Crippen LogP contribution < -0.4 is 10.2 Å². The van der Waals surface area contributed by atoms with Gasteiger partial charge >= 0.3 is 0 Å². The number of nitrogens with one attached hydrogen (secondary N) is 1. The van der Waals surface area contributed by atoms with Crippen LogP contribution in [0, 0.1) is 40.5 Å². The monoisotopic (exact) mass is 403 g/mol. The summed E-state index contributed by atoms with van der Waals surface area (Å²) in [6.45, 7) is 10.1. The molecule has 5 heteroatoms. The maximum Gasteiger partial charge on any atom is 0.244 e. The van der Waals surface area contributed by atoms with Gasteiger partial charge in [-0.05, 0) is 88.3 Å². The number of rotatable bonds is 3. The normalized spacial score (nSPS) is 17.9. The van der Waals surface area contributed by atoms with E-state index in [-0.39, 0.29) is 24.3 Å². The zero-order chi connectivity index (χ0) is 21.6. The van der Waals surface area contributed by atoms with Gasteiger partial charge < -0.3 is 10.2 Å². The maximum absolute atomic E-state index is 13.4. The van der Waals surface area contributed by atoms with Crippen molar-refractivity contribution in [2.24, 2.45) is 10.9 Å². The lowest BCUT2D eigenvalue weighted by atomic mass is 10.0. The molecule has 1 aliphatic carbocycles. The summed E-state index contributed by atoms with van der Waals surface area (Å²) in [5.74, 6) is -0.418. The molecule has 4 rings (SSSR count). The third-order valence-electron chi connectivity index (χ3n) is 6.28. The van der Waals surface area contributed by atoms with Crippen LogP contribution in [0.1, 0.15) is 47.1 Å². The fourth-order valence-electron chi connectivity index (χ4n) is 4.64. The highest BCUT2D eigenvalue weighted by molar-refractivity contribution is 6.17. The average molecular weight is 404 g/mol. The quantitative estimate of drug-likeness (QED) is 0.776. The molecule has 1 fully saturated rings. The Bertz CT molecular complexity index is 1060. The molecule has 1 aliphatic heterocycles. The minimum Gasteiger partial charge on any atom is -0.324 e. The second-order valence-corrected chi connectivity index (χ2v) is 8.72. The van der Waals surface area contributed by atoms with E-state index in [2.05, 4.69) is 24.4 Å². The predicted molar refractivity (Wildman–Crippen MR) is 122 cm³/mol. The van der Waals surface area contributed by atoms with E-state index in [1.54, 1.807) is 4.90 Å². The fourth-order valence-corrected chi connectivity index (χ4v) is 4.64. The molecule has 2 amide bonds. The minimum atomic E-state index is -0.214. The molecule has 0 bridgehead atoms. The van der Waals surface area contributed by atoms with Gasteiger partial charge in [0.05, 0.1) is 17.3 Å². The standard InChI is InChI=1S/C25H29N3O2/c1-14-9-17(4)24(18(5)10-14)27-23(29)13-28-22-12-16(3)15(2)11-21(22)26-20-8-6-7-19(20)25(28)30/h9-12,19H,6-8,13H2,1-5H3,(H,27,29)/t19-/m0/s1. The molecule has 0 saturated heterocycles. The van der Waals surface area contributed by atoms with Crippen LogP contribution in [0.25, 0.3) is 0 Å². The number of benzene rings is 2. The third kappa shape index (κ3) is 3.64. The Morgan fingerprint density at radius 3 is 2.40 bits per heavy atom. The van der Waals surface area contributed by atoms with Gasteiger partial charge in [-0.25, -0.2) is 0 Å². The number of fused-ring (bicyclic) bond motifs is 2. The molecule has 1 N–H and O–H groups in total. The maximum atomic E-state index is 13.4. The second-order valence-electron chi connectivity index (χ2n) is 8.72. The Balaban J connectivity index is 1.68. The van der Waals surface area contributed by atoms with Crippen molar-refractivity contribution in [3.63, 3.8) is 0 Å². The van der Waals surface area contributed by atoms with Crippen molar-refractivity contribution < 1.29 is 9.59 Å². The molecule has 2 aliphatic rings. The summed E-state index contributed by atoms with van der Waals surface area (Å²) in [5, 5.41) is 3.04. The Kier molecular flexibility index (Phi) is 5.22. The number of aliphatic imine (C=N–C) groups is 1. The van der Waals surface area contributed by atoms with Crippen LogP contribution in [0.15, 0.2) is 29.3 Å². The molecule has 2 aromatic rings. The van der Waals surface area contributed by atoms with E-state index in [1.807, 2.05) is 39.8 Å². The number of nitrogens with zero attached hydrogens (tertiary/aromatic N) is 2. The van der Waals surface area contributed by atoms with Crippen LogP contribution in [0.3, 0.4) is 0 Å². The molecule has 1 heterocycles. The average Bonchev–Trinajstić information content (AvgIpc) is 3.10. The minimum absolute atomic E-state index is 0.0132. The fraction of sp³-hybridized carbons (Fsp3) is 0.400. The zero-order valence-electron chi connectivity index (χ0n) is 18.4. The molecule has 1 saturated carbocycles. The Hall–Kier alpha value is -2.95. The summed E-state index contributed by atoms with van der Waals surface area (Å²) >= 11 is 0. The van der Waals surface area contributed by atoms with Crippen LogP contribution >= 0.6 is 0 Å². The number of hydrogen-bond donors (Lipinski definition) is 1. The first kappa shape index (κ1) is 20.3. The largest absolute Gasteiger partial charge is 0.324 e. The van der Waals surface area contributed by atoms with E-state index in [0.29, 0.717) is 0 Å². The van der Waals surface area contributed by atoms with Gasteiger partial charge in [-0.15, -0.1) is 0 Å². The molecule has 156 valence electrons. The van der Waals surface area contributed by atoms with Crippen molar-refractivity contribution in [1.82, 2.24) is 0 Å². The molecular weight excluding hydrogens is 374 g/mol.